The first kappa shape index (κ1) is 9.63. The van der Waals surface area contributed by atoms with Crippen molar-refractivity contribution in [1.82, 2.24) is 0 Å². The van der Waals surface area contributed by atoms with Gasteiger partial charge in [-0.05, 0) is 17.0 Å². The van der Waals surface area contributed by atoms with Crippen LogP contribution in [0.2, 0.25) is 0 Å². The van der Waals surface area contributed by atoms with E-state index in [1.54, 1.807) is 0 Å². The first-order valence-corrected chi connectivity index (χ1v) is 4.98. The van der Waals surface area contributed by atoms with Gasteiger partial charge in [0, 0.05) is 6.42 Å². The van der Waals surface area contributed by atoms with Gasteiger partial charge in [-0.2, -0.15) is 0 Å². The van der Waals surface area contributed by atoms with Crippen LogP contribution in [0.3, 0.4) is 0 Å². The lowest BCUT2D eigenvalue weighted by atomic mass is 9.88. The molecule has 14 heavy (non-hydrogen) atoms. The van der Waals surface area contributed by atoms with Gasteiger partial charge in [-0.3, -0.25) is 0 Å². The largest absolute Gasteiger partial charge is 0.259 e. The zero-order valence-corrected chi connectivity index (χ0v) is 8.43. The number of hydrogen-bond acceptors (Lipinski definition) is 0. The Morgan fingerprint density at radius 2 is 1.93 bits per heavy atom. The van der Waals surface area contributed by atoms with Gasteiger partial charge in [0.2, 0.25) is 0 Å². The second kappa shape index (κ2) is 3.04. The number of halogens is 2. The van der Waals surface area contributed by atoms with E-state index in [1.165, 1.54) is 0 Å². The minimum absolute atomic E-state index is 0.00588. The molecule has 0 aliphatic heterocycles. The first-order chi connectivity index (χ1) is 6.52. The van der Waals surface area contributed by atoms with E-state index in [9.17, 15) is 8.78 Å². The molecule has 1 aliphatic rings. The Labute approximate surface area is 82.9 Å². The molecule has 1 aliphatic carbocycles. The minimum atomic E-state index is -2.56. The van der Waals surface area contributed by atoms with Crippen LogP contribution < -0.4 is 0 Å². The van der Waals surface area contributed by atoms with E-state index in [4.69, 9.17) is 0 Å². The Morgan fingerprint density at radius 3 is 2.57 bits per heavy atom. The Balaban J connectivity index is 2.48. The lowest BCUT2D eigenvalue weighted by molar-refractivity contribution is -0.0286. The molecule has 0 heterocycles. The quantitative estimate of drug-likeness (QED) is 0.643. The highest BCUT2D eigenvalue weighted by molar-refractivity contribution is 5.38. The van der Waals surface area contributed by atoms with Gasteiger partial charge in [-0.1, -0.05) is 38.1 Å². The maximum Gasteiger partial charge on any atom is 0.259 e. The third kappa shape index (κ3) is 1.33. The molecule has 76 valence electrons. The number of fused-ring (bicyclic) bond motifs is 1. The fourth-order valence-corrected chi connectivity index (χ4v) is 2.44. The van der Waals surface area contributed by atoms with Crippen LogP contribution in [0.5, 0.6) is 0 Å². The summed E-state index contributed by atoms with van der Waals surface area (Å²) in [5, 5.41) is 0. The summed E-state index contributed by atoms with van der Waals surface area (Å²) in [7, 11) is 0. The Hall–Kier alpha value is -0.920. The van der Waals surface area contributed by atoms with Crippen LogP contribution in [-0.4, -0.2) is 5.92 Å². The van der Waals surface area contributed by atoms with Gasteiger partial charge in [0.1, 0.15) is 0 Å². The third-order valence-corrected chi connectivity index (χ3v) is 2.94. The van der Waals surface area contributed by atoms with Crippen molar-refractivity contribution >= 4 is 0 Å². The smallest absolute Gasteiger partial charge is 0.206 e. The molecular formula is C12H14F2. The second-order valence-corrected chi connectivity index (χ2v) is 4.36. The SMILES string of the molecule is CC(C)C1c2ccccc2CC1(F)F. The molecule has 2 rings (SSSR count). The molecule has 0 nitrogen and oxygen atoms in total. The third-order valence-electron chi connectivity index (χ3n) is 2.94. The van der Waals surface area contributed by atoms with Crippen molar-refractivity contribution in [3.63, 3.8) is 0 Å². The standard InChI is InChI=1S/C12H14F2/c1-8(2)11-10-6-4-3-5-9(10)7-12(11,13)14/h3-6,8,11H,7H2,1-2H3. The molecule has 1 aromatic carbocycles. The van der Waals surface area contributed by atoms with Crippen molar-refractivity contribution in [2.24, 2.45) is 5.92 Å². The Kier molecular flexibility index (Phi) is 2.09. The second-order valence-electron chi connectivity index (χ2n) is 4.36. The van der Waals surface area contributed by atoms with Gasteiger partial charge in [-0.15, -0.1) is 0 Å². The molecule has 1 atom stereocenters. The van der Waals surface area contributed by atoms with E-state index in [0.29, 0.717) is 0 Å². The molecule has 0 bridgehead atoms. The Bertz CT molecular complexity index is 342. The summed E-state index contributed by atoms with van der Waals surface area (Å²) < 4.78 is 27.3. The van der Waals surface area contributed by atoms with Gasteiger partial charge >= 0.3 is 0 Å². The van der Waals surface area contributed by atoms with Gasteiger partial charge in [0.25, 0.3) is 5.92 Å². The maximum absolute atomic E-state index is 13.7. The summed E-state index contributed by atoms with van der Waals surface area (Å²) >= 11 is 0. The fraction of sp³-hybridized carbons (Fsp3) is 0.500. The zero-order chi connectivity index (χ0) is 10.3. The molecule has 0 N–H and O–H groups in total. The van der Waals surface area contributed by atoms with Gasteiger partial charge < -0.3 is 0 Å². The maximum atomic E-state index is 13.7. The number of alkyl halides is 2. The molecule has 0 radical (unpaired) electrons. The van der Waals surface area contributed by atoms with Crippen LogP contribution in [0.4, 0.5) is 8.78 Å². The van der Waals surface area contributed by atoms with E-state index < -0.39 is 11.8 Å². The summed E-state index contributed by atoms with van der Waals surface area (Å²) in [5.41, 5.74) is 1.66. The highest BCUT2D eigenvalue weighted by Gasteiger charge is 2.48. The predicted octanol–water partition coefficient (Wildman–Crippen LogP) is 3.62. The van der Waals surface area contributed by atoms with Crippen molar-refractivity contribution < 1.29 is 8.78 Å². The van der Waals surface area contributed by atoms with Crippen molar-refractivity contribution in [3.8, 4) is 0 Å². The molecule has 0 aromatic heterocycles. The summed E-state index contributed by atoms with van der Waals surface area (Å²) in [5.74, 6) is -3.16. The minimum Gasteiger partial charge on any atom is -0.206 e. The van der Waals surface area contributed by atoms with Crippen LogP contribution in [0, 0.1) is 5.92 Å². The fourth-order valence-electron chi connectivity index (χ4n) is 2.44. The lowest BCUT2D eigenvalue weighted by Crippen LogP contribution is -2.26. The van der Waals surface area contributed by atoms with Crippen LogP contribution in [0.25, 0.3) is 0 Å². The highest BCUT2D eigenvalue weighted by Crippen LogP contribution is 2.48. The number of benzene rings is 1. The van der Waals surface area contributed by atoms with Crippen LogP contribution in [0.15, 0.2) is 24.3 Å². The summed E-state index contributed by atoms with van der Waals surface area (Å²) in [6.45, 7) is 3.72. The predicted molar refractivity (Wildman–Crippen MR) is 52.7 cm³/mol. The molecule has 0 saturated carbocycles. The van der Waals surface area contributed by atoms with E-state index in [1.807, 2.05) is 38.1 Å². The normalized spacial score (nSPS) is 23.9. The van der Waals surface area contributed by atoms with E-state index in [0.717, 1.165) is 11.1 Å². The molecule has 2 heteroatoms. The van der Waals surface area contributed by atoms with E-state index in [2.05, 4.69) is 0 Å². The van der Waals surface area contributed by atoms with Gasteiger partial charge in [-0.25, -0.2) is 8.78 Å². The summed E-state index contributed by atoms with van der Waals surface area (Å²) in [6.07, 6.45) is -0.0913. The van der Waals surface area contributed by atoms with E-state index in [-0.39, 0.29) is 12.3 Å². The number of rotatable bonds is 1. The average molecular weight is 196 g/mol. The molecule has 0 spiro atoms. The first-order valence-electron chi connectivity index (χ1n) is 4.98. The lowest BCUT2D eigenvalue weighted by Gasteiger charge is -2.23. The highest BCUT2D eigenvalue weighted by atomic mass is 19.3. The summed E-state index contributed by atoms with van der Waals surface area (Å²) in [4.78, 5) is 0. The van der Waals surface area contributed by atoms with Crippen molar-refractivity contribution in [2.45, 2.75) is 32.1 Å². The van der Waals surface area contributed by atoms with Crippen molar-refractivity contribution in [1.29, 1.82) is 0 Å². The topological polar surface area (TPSA) is 0 Å². The monoisotopic (exact) mass is 196 g/mol. The molecule has 0 fully saturated rings. The Morgan fingerprint density at radius 1 is 1.29 bits per heavy atom. The number of hydrogen-bond donors (Lipinski definition) is 0. The van der Waals surface area contributed by atoms with E-state index >= 15 is 0 Å². The zero-order valence-electron chi connectivity index (χ0n) is 8.43. The molecule has 1 unspecified atom stereocenters. The van der Waals surface area contributed by atoms with Crippen molar-refractivity contribution in [2.75, 3.05) is 0 Å². The van der Waals surface area contributed by atoms with Gasteiger partial charge in [0.15, 0.2) is 0 Å². The van der Waals surface area contributed by atoms with Gasteiger partial charge in [0.05, 0.1) is 5.92 Å². The van der Waals surface area contributed by atoms with Crippen LogP contribution in [-0.2, 0) is 6.42 Å². The average Bonchev–Trinajstić information content (AvgIpc) is 2.33. The summed E-state index contributed by atoms with van der Waals surface area (Å²) in [6, 6.07) is 7.32. The molecular weight excluding hydrogens is 182 g/mol. The van der Waals surface area contributed by atoms with Crippen LogP contribution in [0.1, 0.15) is 30.9 Å². The van der Waals surface area contributed by atoms with Crippen molar-refractivity contribution in [3.05, 3.63) is 35.4 Å². The molecule has 0 saturated heterocycles. The van der Waals surface area contributed by atoms with Crippen LogP contribution >= 0.6 is 0 Å². The molecule has 1 aromatic rings. The molecule has 0 amide bonds.